The molecular weight excluding hydrogens is 222 g/mol. The minimum atomic E-state index is 0.563. The van der Waals surface area contributed by atoms with Crippen LogP contribution in [-0.4, -0.2) is 4.98 Å². The van der Waals surface area contributed by atoms with E-state index in [2.05, 4.69) is 11.1 Å². The molecule has 0 aliphatic heterocycles. The third kappa shape index (κ3) is 2.18. The van der Waals surface area contributed by atoms with Crippen LogP contribution in [0.5, 0.6) is 5.75 Å². The molecule has 0 unspecified atom stereocenters. The summed E-state index contributed by atoms with van der Waals surface area (Å²) in [6, 6.07) is 20.0. The first kappa shape index (κ1) is 10.8. The van der Waals surface area contributed by atoms with Gasteiger partial charge in [-0.2, -0.15) is 0 Å². The SMILES string of the molecule is c1ccc(OCc2ccnc3ccccc23)cc1. The van der Waals surface area contributed by atoms with E-state index in [4.69, 9.17) is 4.74 Å². The quantitative estimate of drug-likeness (QED) is 0.688. The van der Waals surface area contributed by atoms with Gasteiger partial charge in [0, 0.05) is 17.1 Å². The summed E-state index contributed by atoms with van der Waals surface area (Å²) in [5, 5.41) is 1.15. The number of hydrogen-bond acceptors (Lipinski definition) is 2. The zero-order valence-corrected chi connectivity index (χ0v) is 9.91. The van der Waals surface area contributed by atoms with E-state index in [0.29, 0.717) is 6.61 Å². The Morgan fingerprint density at radius 3 is 2.50 bits per heavy atom. The standard InChI is InChI=1S/C16H13NO/c1-2-6-14(7-3-1)18-12-13-10-11-17-16-9-5-4-8-15(13)16/h1-11H,12H2. The summed E-state index contributed by atoms with van der Waals surface area (Å²) in [4.78, 5) is 4.34. The lowest BCUT2D eigenvalue weighted by molar-refractivity contribution is 0.307. The Balaban J connectivity index is 1.87. The fraction of sp³-hybridized carbons (Fsp3) is 0.0625. The van der Waals surface area contributed by atoms with Gasteiger partial charge in [-0.1, -0.05) is 36.4 Å². The average molecular weight is 235 g/mol. The second-order valence-electron chi connectivity index (χ2n) is 4.09. The second-order valence-corrected chi connectivity index (χ2v) is 4.09. The van der Waals surface area contributed by atoms with Crippen LogP contribution in [0.4, 0.5) is 0 Å². The van der Waals surface area contributed by atoms with Crippen molar-refractivity contribution < 1.29 is 4.74 Å². The van der Waals surface area contributed by atoms with Crippen LogP contribution in [-0.2, 0) is 6.61 Å². The number of rotatable bonds is 3. The molecule has 2 nitrogen and oxygen atoms in total. The number of aromatic nitrogens is 1. The van der Waals surface area contributed by atoms with Crippen LogP contribution in [0.15, 0.2) is 66.9 Å². The van der Waals surface area contributed by atoms with Crippen molar-refractivity contribution in [1.82, 2.24) is 4.98 Å². The molecule has 0 saturated carbocycles. The van der Waals surface area contributed by atoms with Gasteiger partial charge < -0.3 is 4.74 Å². The van der Waals surface area contributed by atoms with E-state index in [0.717, 1.165) is 22.2 Å². The van der Waals surface area contributed by atoms with Crippen molar-refractivity contribution >= 4 is 10.9 Å². The predicted octanol–water partition coefficient (Wildman–Crippen LogP) is 3.81. The zero-order valence-electron chi connectivity index (χ0n) is 9.91. The Bertz CT molecular complexity index is 644. The van der Waals surface area contributed by atoms with Crippen LogP contribution in [0.3, 0.4) is 0 Å². The van der Waals surface area contributed by atoms with E-state index < -0.39 is 0 Å². The van der Waals surface area contributed by atoms with E-state index in [1.807, 2.05) is 60.8 Å². The molecule has 88 valence electrons. The molecule has 0 aliphatic carbocycles. The Kier molecular flexibility index (Phi) is 2.92. The number of fused-ring (bicyclic) bond motifs is 1. The zero-order chi connectivity index (χ0) is 12.2. The van der Waals surface area contributed by atoms with E-state index in [-0.39, 0.29) is 0 Å². The summed E-state index contributed by atoms with van der Waals surface area (Å²) in [6.07, 6.45) is 1.83. The van der Waals surface area contributed by atoms with E-state index in [9.17, 15) is 0 Å². The van der Waals surface area contributed by atoms with Gasteiger partial charge in [0.1, 0.15) is 12.4 Å². The van der Waals surface area contributed by atoms with Gasteiger partial charge in [-0.25, -0.2) is 0 Å². The van der Waals surface area contributed by atoms with Gasteiger partial charge in [0.2, 0.25) is 0 Å². The van der Waals surface area contributed by atoms with Crippen molar-refractivity contribution in [3.05, 3.63) is 72.4 Å². The Hall–Kier alpha value is -2.35. The third-order valence-electron chi connectivity index (χ3n) is 2.88. The predicted molar refractivity (Wildman–Crippen MR) is 72.5 cm³/mol. The average Bonchev–Trinajstić information content (AvgIpc) is 2.46. The molecule has 0 atom stereocenters. The topological polar surface area (TPSA) is 22.1 Å². The van der Waals surface area contributed by atoms with Crippen LogP contribution in [0.25, 0.3) is 10.9 Å². The van der Waals surface area contributed by atoms with E-state index in [1.165, 1.54) is 0 Å². The summed E-state index contributed by atoms with van der Waals surface area (Å²) < 4.78 is 5.77. The van der Waals surface area contributed by atoms with Crippen LogP contribution < -0.4 is 4.74 Å². The van der Waals surface area contributed by atoms with Crippen molar-refractivity contribution in [3.63, 3.8) is 0 Å². The Morgan fingerprint density at radius 2 is 1.61 bits per heavy atom. The molecule has 2 aromatic carbocycles. The first-order valence-electron chi connectivity index (χ1n) is 5.94. The number of benzene rings is 2. The molecule has 1 aromatic heterocycles. The highest BCUT2D eigenvalue weighted by atomic mass is 16.5. The van der Waals surface area contributed by atoms with Gasteiger partial charge in [0.05, 0.1) is 5.52 Å². The summed E-state index contributed by atoms with van der Waals surface area (Å²) >= 11 is 0. The minimum Gasteiger partial charge on any atom is -0.489 e. The first-order chi connectivity index (χ1) is 8.93. The number of pyridine rings is 1. The highest BCUT2D eigenvalue weighted by molar-refractivity contribution is 5.81. The highest BCUT2D eigenvalue weighted by Gasteiger charge is 2.01. The van der Waals surface area contributed by atoms with Crippen molar-refractivity contribution in [1.29, 1.82) is 0 Å². The lowest BCUT2D eigenvalue weighted by atomic mass is 10.1. The molecule has 18 heavy (non-hydrogen) atoms. The van der Waals surface area contributed by atoms with Gasteiger partial charge in [-0.15, -0.1) is 0 Å². The summed E-state index contributed by atoms with van der Waals surface area (Å²) in [5.74, 6) is 0.887. The molecule has 0 bridgehead atoms. The smallest absolute Gasteiger partial charge is 0.119 e. The van der Waals surface area contributed by atoms with Crippen LogP contribution >= 0.6 is 0 Å². The molecule has 0 amide bonds. The number of hydrogen-bond donors (Lipinski definition) is 0. The molecule has 2 heteroatoms. The lowest BCUT2D eigenvalue weighted by Gasteiger charge is -2.08. The largest absolute Gasteiger partial charge is 0.489 e. The van der Waals surface area contributed by atoms with Crippen LogP contribution in [0, 0.1) is 0 Å². The maximum atomic E-state index is 5.77. The van der Waals surface area contributed by atoms with Crippen molar-refractivity contribution in [2.45, 2.75) is 6.61 Å². The molecule has 3 rings (SSSR count). The van der Waals surface area contributed by atoms with Gasteiger partial charge >= 0.3 is 0 Å². The van der Waals surface area contributed by atoms with E-state index >= 15 is 0 Å². The van der Waals surface area contributed by atoms with Gasteiger partial charge in [0.25, 0.3) is 0 Å². The minimum absolute atomic E-state index is 0.563. The van der Waals surface area contributed by atoms with Crippen LogP contribution in [0.1, 0.15) is 5.56 Å². The molecule has 0 spiro atoms. The van der Waals surface area contributed by atoms with Gasteiger partial charge in [-0.3, -0.25) is 4.98 Å². The Morgan fingerprint density at radius 1 is 0.833 bits per heavy atom. The lowest BCUT2D eigenvalue weighted by Crippen LogP contribution is -1.96. The normalized spacial score (nSPS) is 10.4. The molecule has 0 N–H and O–H groups in total. The summed E-state index contributed by atoms with van der Waals surface area (Å²) in [6.45, 7) is 0.563. The molecular formula is C16H13NO. The van der Waals surface area contributed by atoms with Crippen molar-refractivity contribution in [2.75, 3.05) is 0 Å². The molecule has 0 aliphatic rings. The van der Waals surface area contributed by atoms with E-state index in [1.54, 1.807) is 0 Å². The van der Waals surface area contributed by atoms with Crippen LogP contribution in [0.2, 0.25) is 0 Å². The maximum absolute atomic E-state index is 5.77. The Labute approximate surface area is 106 Å². The first-order valence-corrected chi connectivity index (χ1v) is 5.94. The number of nitrogens with zero attached hydrogens (tertiary/aromatic N) is 1. The second kappa shape index (κ2) is 4.88. The molecule has 0 fully saturated rings. The summed E-state index contributed by atoms with van der Waals surface area (Å²) in [7, 11) is 0. The number of para-hydroxylation sites is 2. The molecule has 0 radical (unpaired) electrons. The monoisotopic (exact) mass is 235 g/mol. The highest BCUT2D eigenvalue weighted by Crippen LogP contribution is 2.18. The molecule has 3 aromatic rings. The maximum Gasteiger partial charge on any atom is 0.119 e. The number of ether oxygens (including phenoxy) is 1. The fourth-order valence-corrected chi connectivity index (χ4v) is 1.96. The third-order valence-corrected chi connectivity index (χ3v) is 2.88. The molecule has 0 saturated heterocycles. The fourth-order valence-electron chi connectivity index (χ4n) is 1.96. The molecule has 1 heterocycles. The van der Waals surface area contributed by atoms with Gasteiger partial charge in [-0.05, 0) is 24.3 Å². The van der Waals surface area contributed by atoms with Crippen molar-refractivity contribution in [2.24, 2.45) is 0 Å². The summed E-state index contributed by atoms with van der Waals surface area (Å²) in [5.41, 5.74) is 2.16. The van der Waals surface area contributed by atoms with Crippen molar-refractivity contribution in [3.8, 4) is 5.75 Å². The van der Waals surface area contributed by atoms with Gasteiger partial charge in [0.15, 0.2) is 0 Å².